The SMILES string of the molecule is Cc1nc2cc(CCNC(=O)CCO)ccc2o1. The first-order valence-electron chi connectivity index (χ1n) is 5.92. The molecule has 2 aromatic rings. The Kier molecular flexibility index (Phi) is 3.94. The number of aliphatic hydroxyl groups excluding tert-OH is 1. The van der Waals surface area contributed by atoms with Gasteiger partial charge in [-0.15, -0.1) is 0 Å². The Labute approximate surface area is 105 Å². The highest BCUT2D eigenvalue weighted by Crippen LogP contribution is 2.16. The fourth-order valence-corrected chi connectivity index (χ4v) is 1.78. The van der Waals surface area contributed by atoms with Gasteiger partial charge in [0.2, 0.25) is 5.91 Å². The van der Waals surface area contributed by atoms with Crippen LogP contribution in [-0.4, -0.2) is 29.1 Å². The van der Waals surface area contributed by atoms with Gasteiger partial charge in [-0.3, -0.25) is 4.79 Å². The van der Waals surface area contributed by atoms with E-state index in [9.17, 15) is 4.79 Å². The number of carbonyl (C=O) groups excluding carboxylic acids is 1. The molecule has 18 heavy (non-hydrogen) atoms. The van der Waals surface area contributed by atoms with Gasteiger partial charge in [0.05, 0.1) is 6.61 Å². The number of aryl methyl sites for hydroxylation is 1. The molecule has 1 aromatic heterocycles. The number of nitrogens with zero attached hydrogens (tertiary/aromatic N) is 1. The van der Waals surface area contributed by atoms with E-state index in [1.807, 2.05) is 25.1 Å². The molecule has 0 aliphatic rings. The molecule has 1 heterocycles. The Morgan fingerprint density at radius 3 is 3.11 bits per heavy atom. The molecular formula is C13H16N2O3. The summed E-state index contributed by atoms with van der Waals surface area (Å²) in [5, 5.41) is 11.3. The summed E-state index contributed by atoms with van der Waals surface area (Å²) in [6.07, 6.45) is 0.889. The van der Waals surface area contributed by atoms with Crippen LogP contribution < -0.4 is 5.32 Å². The van der Waals surface area contributed by atoms with Crippen LogP contribution in [-0.2, 0) is 11.2 Å². The van der Waals surface area contributed by atoms with Crippen molar-refractivity contribution in [1.82, 2.24) is 10.3 Å². The first-order valence-corrected chi connectivity index (χ1v) is 5.92. The van der Waals surface area contributed by atoms with Crippen LogP contribution in [0, 0.1) is 6.92 Å². The molecule has 0 aliphatic heterocycles. The van der Waals surface area contributed by atoms with E-state index in [-0.39, 0.29) is 18.9 Å². The van der Waals surface area contributed by atoms with Crippen LogP contribution in [0.2, 0.25) is 0 Å². The molecule has 0 spiro atoms. The summed E-state index contributed by atoms with van der Waals surface area (Å²) >= 11 is 0. The van der Waals surface area contributed by atoms with Gasteiger partial charge < -0.3 is 14.8 Å². The van der Waals surface area contributed by atoms with Gasteiger partial charge in [-0.2, -0.15) is 0 Å². The Hall–Kier alpha value is -1.88. The summed E-state index contributed by atoms with van der Waals surface area (Å²) in [6, 6.07) is 5.81. The molecule has 96 valence electrons. The van der Waals surface area contributed by atoms with Crippen molar-refractivity contribution in [1.29, 1.82) is 0 Å². The zero-order valence-electron chi connectivity index (χ0n) is 10.3. The predicted molar refractivity (Wildman–Crippen MR) is 67.2 cm³/mol. The summed E-state index contributed by atoms with van der Waals surface area (Å²) in [4.78, 5) is 15.4. The molecule has 0 unspecified atom stereocenters. The lowest BCUT2D eigenvalue weighted by Gasteiger charge is -2.04. The Bertz CT molecular complexity index is 548. The van der Waals surface area contributed by atoms with Gasteiger partial charge in [0.1, 0.15) is 5.52 Å². The number of nitrogens with one attached hydrogen (secondary N) is 1. The maximum atomic E-state index is 11.2. The zero-order chi connectivity index (χ0) is 13.0. The summed E-state index contributed by atoms with van der Waals surface area (Å²) in [5.41, 5.74) is 2.72. The molecule has 5 heteroatoms. The fourth-order valence-electron chi connectivity index (χ4n) is 1.78. The molecule has 5 nitrogen and oxygen atoms in total. The van der Waals surface area contributed by atoms with Gasteiger partial charge in [0, 0.05) is 19.9 Å². The number of amides is 1. The van der Waals surface area contributed by atoms with Gasteiger partial charge in [-0.25, -0.2) is 4.98 Å². The number of rotatable bonds is 5. The largest absolute Gasteiger partial charge is 0.441 e. The minimum Gasteiger partial charge on any atom is -0.441 e. The third kappa shape index (κ3) is 3.07. The van der Waals surface area contributed by atoms with E-state index in [1.165, 1.54) is 0 Å². The lowest BCUT2D eigenvalue weighted by molar-refractivity contribution is -0.121. The number of hydrogen-bond acceptors (Lipinski definition) is 4. The minimum absolute atomic E-state index is 0.115. The van der Waals surface area contributed by atoms with Crippen LogP contribution in [0.25, 0.3) is 11.1 Å². The fraction of sp³-hybridized carbons (Fsp3) is 0.385. The smallest absolute Gasteiger partial charge is 0.222 e. The lowest BCUT2D eigenvalue weighted by atomic mass is 10.1. The molecule has 0 aliphatic carbocycles. The van der Waals surface area contributed by atoms with E-state index in [0.717, 1.165) is 23.1 Å². The molecule has 2 N–H and O–H groups in total. The predicted octanol–water partition coefficient (Wildman–Crippen LogP) is 1.18. The van der Waals surface area contributed by atoms with Crippen LogP contribution in [0.1, 0.15) is 17.9 Å². The number of carbonyl (C=O) groups is 1. The first kappa shape index (κ1) is 12.6. The monoisotopic (exact) mass is 248 g/mol. The molecule has 0 saturated carbocycles. The van der Waals surface area contributed by atoms with Crippen molar-refractivity contribution in [3.63, 3.8) is 0 Å². The molecule has 0 atom stereocenters. The second-order valence-electron chi connectivity index (χ2n) is 4.11. The van der Waals surface area contributed by atoms with Crippen molar-refractivity contribution in [2.45, 2.75) is 19.8 Å². The van der Waals surface area contributed by atoms with Crippen molar-refractivity contribution >= 4 is 17.0 Å². The van der Waals surface area contributed by atoms with E-state index in [2.05, 4.69) is 10.3 Å². The van der Waals surface area contributed by atoms with Gasteiger partial charge in [-0.1, -0.05) is 6.07 Å². The topological polar surface area (TPSA) is 75.4 Å². The second kappa shape index (κ2) is 5.64. The highest BCUT2D eigenvalue weighted by molar-refractivity contribution is 5.76. The summed E-state index contributed by atoms with van der Waals surface area (Å²) in [6.45, 7) is 2.26. The maximum absolute atomic E-state index is 11.2. The summed E-state index contributed by atoms with van der Waals surface area (Å²) < 4.78 is 5.39. The van der Waals surface area contributed by atoms with Crippen molar-refractivity contribution in [2.75, 3.05) is 13.2 Å². The quantitative estimate of drug-likeness (QED) is 0.833. The van der Waals surface area contributed by atoms with E-state index in [0.29, 0.717) is 12.4 Å². The molecule has 0 saturated heterocycles. The van der Waals surface area contributed by atoms with E-state index >= 15 is 0 Å². The minimum atomic E-state index is -0.129. The number of fused-ring (bicyclic) bond motifs is 1. The lowest BCUT2D eigenvalue weighted by Crippen LogP contribution is -2.26. The number of aromatic nitrogens is 1. The van der Waals surface area contributed by atoms with Crippen LogP contribution in [0.15, 0.2) is 22.6 Å². The van der Waals surface area contributed by atoms with Crippen molar-refractivity contribution < 1.29 is 14.3 Å². The standard InChI is InChI=1S/C13H16N2O3/c1-9-15-11-8-10(2-3-12(11)18-9)4-6-14-13(17)5-7-16/h2-3,8,16H,4-7H2,1H3,(H,14,17). The third-order valence-corrected chi connectivity index (χ3v) is 2.63. The van der Waals surface area contributed by atoms with Gasteiger partial charge >= 0.3 is 0 Å². The molecule has 0 bridgehead atoms. The van der Waals surface area contributed by atoms with Gasteiger partial charge in [0.15, 0.2) is 11.5 Å². The molecule has 1 amide bonds. The highest BCUT2D eigenvalue weighted by atomic mass is 16.3. The first-order chi connectivity index (χ1) is 8.69. The second-order valence-corrected chi connectivity index (χ2v) is 4.11. The Morgan fingerprint density at radius 2 is 2.33 bits per heavy atom. The normalized spacial score (nSPS) is 10.8. The van der Waals surface area contributed by atoms with Crippen LogP contribution in [0.5, 0.6) is 0 Å². The van der Waals surface area contributed by atoms with Crippen molar-refractivity contribution in [3.8, 4) is 0 Å². The number of oxazole rings is 1. The van der Waals surface area contributed by atoms with Crippen molar-refractivity contribution in [3.05, 3.63) is 29.7 Å². The summed E-state index contributed by atoms with van der Waals surface area (Å²) in [7, 11) is 0. The van der Waals surface area contributed by atoms with E-state index < -0.39 is 0 Å². The Morgan fingerprint density at radius 1 is 1.50 bits per heavy atom. The molecular weight excluding hydrogens is 232 g/mol. The third-order valence-electron chi connectivity index (χ3n) is 2.63. The molecule has 0 radical (unpaired) electrons. The van der Waals surface area contributed by atoms with E-state index in [1.54, 1.807) is 0 Å². The van der Waals surface area contributed by atoms with E-state index in [4.69, 9.17) is 9.52 Å². The highest BCUT2D eigenvalue weighted by Gasteiger charge is 2.04. The average molecular weight is 248 g/mol. The Balaban J connectivity index is 1.93. The molecule has 0 fully saturated rings. The number of benzene rings is 1. The van der Waals surface area contributed by atoms with Gasteiger partial charge in [0.25, 0.3) is 0 Å². The zero-order valence-corrected chi connectivity index (χ0v) is 10.3. The summed E-state index contributed by atoms with van der Waals surface area (Å²) in [5.74, 6) is 0.522. The number of aliphatic hydroxyl groups is 1. The maximum Gasteiger partial charge on any atom is 0.222 e. The number of hydrogen-bond donors (Lipinski definition) is 2. The average Bonchev–Trinajstić information content (AvgIpc) is 2.69. The molecule has 2 rings (SSSR count). The van der Waals surface area contributed by atoms with Gasteiger partial charge in [-0.05, 0) is 24.1 Å². The van der Waals surface area contributed by atoms with Crippen LogP contribution in [0.3, 0.4) is 0 Å². The van der Waals surface area contributed by atoms with Crippen molar-refractivity contribution in [2.24, 2.45) is 0 Å². The molecule has 1 aromatic carbocycles. The van der Waals surface area contributed by atoms with Crippen LogP contribution in [0.4, 0.5) is 0 Å². The van der Waals surface area contributed by atoms with Crippen LogP contribution >= 0.6 is 0 Å².